The fourth-order valence-electron chi connectivity index (χ4n) is 2.97. The van der Waals surface area contributed by atoms with E-state index < -0.39 is 0 Å². The Bertz CT molecular complexity index is 909. The van der Waals surface area contributed by atoms with Gasteiger partial charge in [0.1, 0.15) is 12.4 Å². The number of nitrogens with one attached hydrogen (secondary N) is 1. The maximum atomic E-state index is 12.1. The number of hydrogen-bond acceptors (Lipinski definition) is 3. The smallest absolute Gasteiger partial charge is 0.220 e. The monoisotopic (exact) mass is 391 g/mol. The number of ether oxygens (including phenoxy) is 1. The van der Waals surface area contributed by atoms with Crippen molar-refractivity contribution < 1.29 is 9.53 Å². The quantitative estimate of drug-likeness (QED) is 0.583. The Balaban J connectivity index is 1.36. The predicted octanol–water partition coefficient (Wildman–Crippen LogP) is 4.30. The lowest BCUT2D eigenvalue weighted by Gasteiger charge is -2.19. The van der Waals surface area contributed by atoms with Crippen LogP contribution in [0.2, 0.25) is 0 Å². The Labute approximate surface area is 172 Å². The van der Waals surface area contributed by atoms with Gasteiger partial charge in [0.05, 0.1) is 18.4 Å². The van der Waals surface area contributed by atoms with Crippen LogP contribution in [0, 0.1) is 0 Å². The van der Waals surface area contributed by atoms with Gasteiger partial charge in [-0.2, -0.15) is 5.10 Å². The van der Waals surface area contributed by atoms with E-state index in [-0.39, 0.29) is 11.3 Å². The first-order valence-corrected chi connectivity index (χ1v) is 10.0. The SMILES string of the molecule is CC(C)(C)c1ccc(OCCNC(=O)CCc2cnn(-c3ccccc3)c2)cc1. The minimum absolute atomic E-state index is 0.0177. The van der Waals surface area contributed by atoms with Gasteiger partial charge in [-0.25, -0.2) is 4.68 Å². The van der Waals surface area contributed by atoms with Crippen molar-refractivity contribution >= 4 is 5.91 Å². The summed E-state index contributed by atoms with van der Waals surface area (Å²) < 4.78 is 7.54. The lowest BCUT2D eigenvalue weighted by Crippen LogP contribution is -2.28. The zero-order valence-corrected chi connectivity index (χ0v) is 17.4. The molecule has 0 aliphatic heterocycles. The zero-order chi connectivity index (χ0) is 20.7. The Hall–Kier alpha value is -3.08. The van der Waals surface area contributed by atoms with Crippen molar-refractivity contribution in [2.45, 2.75) is 39.0 Å². The number of hydrogen-bond donors (Lipinski definition) is 1. The third-order valence-corrected chi connectivity index (χ3v) is 4.71. The van der Waals surface area contributed by atoms with Crippen LogP contribution >= 0.6 is 0 Å². The molecule has 0 aliphatic rings. The van der Waals surface area contributed by atoms with Crippen LogP contribution in [-0.4, -0.2) is 28.8 Å². The van der Waals surface area contributed by atoms with Gasteiger partial charge in [-0.05, 0) is 47.2 Å². The topological polar surface area (TPSA) is 56.1 Å². The van der Waals surface area contributed by atoms with Crippen LogP contribution in [0.5, 0.6) is 5.75 Å². The number of rotatable bonds is 8. The molecule has 3 aromatic rings. The molecule has 1 aromatic heterocycles. The van der Waals surface area contributed by atoms with Gasteiger partial charge in [0.25, 0.3) is 0 Å². The molecule has 0 radical (unpaired) electrons. The highest BCUT2D eigenvalue weighted by Gasteiger charge is 2.13. The standard InChI is InChI=1S/C24H29N3O2/c1-24(2,3)20-10-12-22(13-11-20)29-16-15-25-23(28)14-9-19-17-26-27(18-19)21-7-5-4-6-8-21/h4-8,10-13,17-18H,9,14-16H2,1-3H3,(H,25,28). The number of carbonyl (C=O) groups is 1. The second-order valence-corrected chi connectivity index (χ2v) is 8.10. The first kappa shape index (κ1) is 20.6. The summed E-state index contributed by atoms with van der Waals surface area (Å²) in [6.07, 6.45) is 4.87. The Morgan fingerprint density at radius 2 is 1.79 bits per heavy atom. The fraction of sp³-hybridized carbons (Fsp3) is 0.333. The van der Waals surface area contributed by atoms with Crippen molar-refractivity contribution in [3.8, 4) is 11.4 Å². The Kier molecular flexibility index (Phi) is 6.70. The molecule has 3 rings (SSSR count). The van der Waals surface area contributed by atoms with Crippen LogP contribution in [0.25, 0.3) is 5.69 Å². The molecule has 5 nitrogen and oxygen atoms in total. The summed E-state index contributed by atoms with van der Waals surface area (Å²) >= 11 is 0. The Morgan fingerprint density at radius 3 is 2.48 bits per heavy atom. The van der Waals surface area contributed by atoms with Crippen LogP contribution in [0.3, 0.4) is 0 Å². The number of aromatic nitrogens is 2. The van der Waals surface area contributed by atoms with E-state index in [1.165, 1.54) is 5.56 Å². The molecule has 0 atom stereocenters. The molecule has 0 bridgehead atoms. The molecule has 5 heteroatoms. The average molecular weight is 392 g/mol. The van der Waals surface area contributed by atoms with Gasteiger partial charge >= 0.3 is 0 Å². The minimum atomic E-state index is 0.0177. The second kappa shape index (κ2) is 9.41. The molecule has 0 saturated carbocycles. The third kappa shape index (κ3) is 6.21. The molecule has 0 aliphatic carbocycles. The van der Waals surface area contributed by atoms with E-state index in [1.54, 1.807) is 0 Å². The van der Waals surface area contributed by atoms with Crippen molar-refractivity contribution in [3.05, 3.63) is 78.1 Å². The highest BCUT2D eigenvalue weighted by molar-refractivity contribution is 5.76. The van der Waals surface area contributed by atoms with Gasteiger partial charge < -0.3 is 10.1 Å². The number of amides is 1. The molecule has 0 spiro atoms. The summed E-state index contributed by atoms with van der Waals surface area (Å²) in [5.74, 6) is 0.838. The first-order chi connectivity index (χ1) is 13.9. The van der Waals surface area contributed by atoms with Crippen molar-refractivity contribution in [3.63, 3.8) is 0 Å². The summed E-state index contributed by atoms with van der Waals surface area (Å²) in [5.41, 5.74) is 3.45. The fourth-order valence-corrected chi connectivity index (χ4v) is 2.97. The summed E-state index contributed by atoms with van der Waals surface area (Å²) in [4.78, 5) is 12.1. The summed E-state index contributed by atoms with van der Waals surface area (Å²) in [5, 5.41) is 7.27. The van der Waals surface area contributed by atoms with E-state index in [0.29, 0.717) is 26.0 Å². The van der Waals surface area contributed by atoms with Crippen molar-refractivity contribution in [1.82, 2.24) is 15.1 Å². The van der Waals surface area contributed by atoms with Gasteiger partial charge in [0, 0.05) is 12.6 Å². The molecule has 152 valence electrons. The van der Waals surface area contributed by atoms with Crippen LogP contribution in [0.1, 0.15) is 38.3 Å². The van der Waals surface area contributed by atoms with Gasteiger partial charge in [0.15, 0.2) is 0 Å². The zero-order valence-electron chi connectivity index (χ0n) is 17.4. The van der Waals surface area contributed by atoms with Gasteiger partial charge in [-0.3, -0.25) is 4.79 Å². The number of aryl methyl sites for hydroxylation is 1. The lowest BCUT2D eigenvalue weighted by atomic mass is 9.87. The first-order valence-electron chi connectivity index (χ1n) is 10.0. The summed E-state index contributed by atoms with van der Waals surface area (Å²) in [6.45, 7) is 7.50. The molecule has 0 fully saturated rings. The van der Waals surface area contributed by atoms with E-state index in [0.717, 1.165) is 17.0 Å². The molecule has 29 heavy (non-hydrogen) atoms. The average Bonchev–Trinajstić information content (AvgIpc) is 3.19. The van der Waals surface area contributed by atoms with Gasteiger partial charge in [0.2, 0.25) is 5.91 Å². The van der Waals surface area contributed by atoms with Crippen LogP contribution in [-0.2, 0) is 16.6 Å². The molecule has 0 unspecified atom stereocenters. The van der Waals surface area contributed by atoms with Crippen molar-refractivity contribution in [1.29, 1.82) is 0 Å². The number of carbonyl (C=O) groups excluding carboxylic acids is 1. The number of para-hydroxylation sites is 1. The Morgan fingerprint density at radius 1 is 1.07 bits per heavy atom. The number of benzene rings is 2. The van der Waals surface area contributed by atoms with Crippen LogP contribution in [0.4, 0.5) is 0 Å². The summed E-state index contributed by atoms with van der Waals surface area (Å²) in [7, 11) is 0. The van der Waals surface area contributed by atoms with Gasteiger partial charge in [-0.15, -0.1) is 0 Å². The lowest BCUT2D eigenvalue weighted by molar-refractivity contribution is -0.121. The van der Waals surface area contributed by atoms with E-state index >= 15 is 0 Å². The molecular formula is C24H29N3O2. The van der Waals surface area contributed by atoms with Crippen molar-refractivity contribution in [2.75, 3.05) is 13.2 Å². The maximum absolute atomic E-state index is 12.1. The van der Waals surface area contributed by atoms with E-state index in [4.69, 9.17) is 4.74 Å². The third-order valence-electron chi connectivity index (χ3n) is 4.71. The highest BCUT2D eigenvalue weighted by atomic mass is 16.5. The second-order valence-electron chi connectivity index (χ2n) is 8.10. The molecular weight excluding hydrogens is 362 g/mol. The highest BCUT2D eigenvalue weighted by Crippen LogP contribution is 2.24. The molecule has 1 amide bonds. The van der Waals surface area contributed by atoms with E-state index in [1.807, 2.05) is 59.5 Å². The normalized spacial score (nSPS) is 11.3. The minimum Gasteiger partial charge on any atom is -0.492 e. The maximum Gasteiger partial charge on any atom is 0.220 e. The largest absolute Gasteiger partial charge is 0.492 e. The van der Waals surface area contributed by atoms with E-state index in [2.05, 4.69) is 43.3 Å². The number of nitrogens with zero attached hydrogens (tertiary/aromatic N) is 2. The van der Waals surface area contributed by atoms with Crippen LogP contribution in [0.15, 0.2) is 67.0 Å². The summed E-state index contributed by atoms with van der Waals surface area (Å²) in [6, 6.07) is 18.1. The molecule has 2 aromatic carbocycles. The van der Waals surface area contributed by atoms with E-state index in [9.17, 15) is 4.79 Å². The van der Waals surface area contributed by atoms with Crippen molar-refractivity contribution in [2.24, 2.45) is 0 Å². The predicted molar refractivity (Wildman–Crippen MR) is 116 cm³/mol. The molecule has 0 saturated heterocycles. The molecule has 1 heterocycles. The van der Waals surface area contributed by atoms with Gasteiger partial charge in [-0.1, -0.05) is 51.1 Å². The molecule has 1 N–H and O–H groups in total. The van der Waals surface area contributed by atoms with Crippen LogP contribution < -0.4 is 10.1 Å².